The lowest BCUT2D eigenvalue weighted by molar-refractivity contribution is 0.0785. The third kappa shape index (κ3) is 6.83. The molecule has 4 rings (SSSR count). The lowest BCUT2D eigenvalue weighted by Gasteiger charge is -2.29. The molecule has 3 aromatic rings. The number of ether oxygens (including phenoxy) is 1. The molecule has 0 unspecified atom stereocenters. The van der Waals surface area contributed by atoms with Crippen molar-refractivity contribution in [3.05, 3.63) is 83.0 Å². The molecule has 0 bridgehead atoms. The predicted octanol–water partition coefficient (Wildman–Crippen LogP) is 5.18. The fourth-order valence-electron chi connectivity index (χ4n) is 3.91. The monoisotopic (exact) mass is 490 g/mol. The molecular weight excluding hydrogens is 456 g/mol. The minimum Gasteiger partial charge on any atom is -0.378 e. The maximum absolute atomic E-state index is 13.0. The first-order chi connectivity index (χ1) is 16.8. The summed E-state index contributed by atoms with van der Waals surface area (Å²) in [5.74, 6) is 1.67. The Morgan fingerprint density at radius 1 is 1.00 bits per heavy atom. The summed E-state index contributed by atoms with van der Waals surface area (Å²) < 4.78 is 5.51. The van der Waals surface area contributed by atoms with Gasteiger partial charge in [-0.1, -0.05) is 75.0 Å². The van der Waals surface area contributed by atoms with Gasteiger partial charge in [-0.3, -0.25) is 4.79 Å². The van der Waals surface area contributed by atoms with Gasteiger partial charge in [-0.05, 0) is 23.3 Å². The molecule has 1 amide bonds. The van der Waals surface area contributed by atoms with Crippen LogP contribution in [0.5, 0.6) is 0 Å². The van der Waals surface area contributed by atoms with Gasteiger partial charge in [0, 0.05) is 49.5 Å². The Labute approximate surface area is 212 Å². The van der Waals surface area contributed by atoms with Crippen molar-refractivity contribution in [1.82, 2.24) is 14.9 Å². The van der Waals surface area contributed by atoms with Crippen LogP contribution in [0, 0.1) is 0 Å². The van der Waals surface area contributed by atoms with Crippen LogP contribution in [0.1, 0.15) is 48.0 Å². The van der Waals surface area contributed by atoms with E-state index in [2.05, 4.69) is 37.8 Å². The van der Waals surface area contributed by atoms with Crippen LogP contribution in [0.3, 0.4) is 0 Å². The zero-order valence-electron chi connectivity index (χ0n) is 21.0. The average Bonchev–Trinajstić information content (AvgIpc) is 2.87. The molecule has 1 aromatic heterocycles. The van der Waals surface area contributed by atoms with E-state index < -0.39 is 0 Å². The van der Waals surface area contributed by atoms with Crippen LogP contribution in [0.25, 0.3) is 0 Å². The minimum atomic E-state index is -0.0744. The molecule has 6 nitrogen and oxygen atoms in total. The SMILES string of the molecule is CN(Cc1ccccc1)C(=O)c1cccc(CSc2nc(N3CCOCC3)cc(C(C)(C)C)n2)c1. The van der Waals surface area contributed by atoms with E-state index >= 15 is 0 Å². The van der Waals surface area contributed by atoms with Crippen molar-refractivity contribution >= 4 is 23.5 Å². The largest absolute Gasteiger partial charge is 0.378 e. The van der Waals surface area contributed by atoms with Gasteiger partial charge in [0.1, 0.15) is 5.82 Å². The second-order valence-electron chi connectivity index (χ2n) is 9.88. The number of hydrogen-bond donors (Lipinski definition) is 0. The van der Waals surface area contributed by atoms with Crippen LogP contribution in [-0.4, -0.2) is 54.1 Å². The number of amides is 1. The van der Waals surface area contributed by atoms with Crippen molar-refractivity contribution in [2.45, 2.75) is 43.6 Å². The predicted molar refractivity (Wildman–Crippen MR) is 142 cm³/mol. The lowest BCUT2D eigenvalue weighted by Crippen LogP contribution is -2.37. The number of aromatic nitrogens is 2. The second-order valence-corrected chi connectivity index (χ2v) is 10.8. The van der Waals surface area contributed by atoms with Crippen LogP contribution in [0.15, 0.2) is 65.8 Å². The highest BCUT2D eigenvalue weighted by atomic mass is 32.2. The van der Waals surface area contributed by atoms with Gasteiger partial charge in [0.2, 0.25) is 0 Å². The summed E-state index contributed by atoms with van der Waals surface area (Å²) in [5, 5.41) is 0.761. The van der Waals surface area contributed by atoms with E-state index in [-0.39, 0.29) is 11.3 Å². The van der Waals surface area contributed by atoms with Gasteiger partial charge in [0.25, 0.3) is 5.91 Å². The van der Waals surface area contributed by atoms with Gasteiger partial charge < -0.3 is 14.5 Å². The maximum Gasteiger partial charge on any atom is 0.253 e. The summed E-state index contributed by atoms with van der Waals surface area (Å²) in [6.07, 6.45) is 0. The summed E-state index contributed by atoms with van der Waals surface area (Å²) in [5.41, 5.74) is 3.84. The number of rotatable bonds is 7. The van der Waals surface area contributed by atoms with Crippen molar-refractivity contribution in [1.29, 1.82) is 0 Å². The van der Waals surface area contributed by atoms with Crippen LogP contribution >= 0.6 is 11.8 Å². The summed E-state index contributed by atoms with van der Waals surface area (Å²) in [7, 11) is 1.84. The molecule has 0 aliphatic carbocycles. The molecule has 0 N–H and O–H groups in total. The molecule has 1 aliphatic rings. The smallest absolute Gasteiger partial charge is 0.253 e. The van der Waals surface area contributed by atoms with E-state index in [0.717, 1.165) is 54.1 Å². The number of carbonyl (C=O) groups excluding carboxylic acids is 1. The van der Waals surface area contributed by atoms with Crippen LogP contribution in [0.4, 0.5) is 5.82 Å². The fourth-order valence-corrected chi connectivity index (χ4v) is 4.70. The Bertz CT molecular complexity index is 1140. The van der Waals surface area contributed by atoms with E-state index in [9.17, 15) is 4.79 Å². The number of anilines is 1. The molecular formula is C28H34N4O2S. The molecule has 35 heavy (non-hydrogen) atoms. The van der Waals surface area contributed by atoms with Gasteiger partial charge in [-0.25, -0.2) is 9.97 Å². The number of hydrogen-bond acceptors (Lipinski definition) is 6. The molecule has 2 heterocycles. The van der Waals surface area contributed by atoms with Crippen LogP contribution in [0.2, 0.25) is 0 Å². The first-order valence-electron chi connectivity index (χ1n) is 12.0. The van der Waals surface area contributed by atoms with E-state index in [4.69, 9.17) is 14.7 Å². The molecule has 0 spiro atoms. The Balaban J connectivity index is 1.47. The summed E-state index contributed by atoms with van der Waals surface area (Å²) >= 11 is 1.61. The topological polar surface area (TPSA) is 58.6 Å². The Morgan fingerprint density at radius 3 is 2.43 bits per heavy atom. The number of carbonyl (C=O) groups is 1. The summed E-state index contributed by atoms with van der Waals surface area (Å²) in [4.78, 5) is 26.8. The quantitative estimate of drug-likeness (QED) is 0.336. The maximum atomic E-state index is 13.0. The van der Waals surface area contributed by atoms with Crippen LogP contribution in [-0.2, 0) is 22.4 Å². The minimum absolute atomic E-state index is 0.0151. The number of nitrogens with zero attached hydrogens (tertiary/aromatic N) is 4. The number of morpholine rings is 1. The number of thioether (sulfide) groups is 1. The molecule has 184 valence electrons. The highest BCUT2D eigenvalue weighted by molar-refractivity contribution is 7.98. The highest BCUT2D eigenvalue weighted by Crippen LogP contribution is 2.29. The Kier molecular flexibility index (Phi) is 8.08. The standard InChI is InChI=1S/C28H34N4O2S/c1-28(2,3)24-18-25(32-13-15-34-16-14-32)30-27(29-24)35-20-22-11-8-12-23(17-22)26(33)31(4)19-21-9-6-5-7-10-21/h5-12,17-18H,13-16,19-20H2,1-4H3. The van der Waals surface area contributed by atoms with Gasteiger partial charge in [-0.15, -0.1) is 0 Å². The zero-order chi connectivity index (χ0) is 24.8. The van der Waals surface area contributed by atoms with Crippen molar-refractivity contribution in [3.8, 4) is 0 Å². The lowest BCUT2D eigenvalue weighted by atomic mass is 9.92. The van der Waals surface area contributed by atoms with E-state index in [1.165, 1.54) is 0 Å². The molecule has 1 fully saturated rings. The highest BCUT2D eigenvalue weighted by Gasteiger charge is 2.21. The van der Waals surface area contributed by atoms with Crippen molar-refractivity contribution in [2.75, 3.05) is 38.3 Å². The molecule has 1 saturated heterocycles. The molecule has 0 saturated carbocycles. The summed E-state index contributed by atoms with van der Waals surface area (Å²) in [6.45, 7) is 10.2. The van der Waals surface area contributed by atoms with Gasteiger partial charge in [0.05, 0.1) is 18.9 Å². The molecule has 7 heteroatoms. The molecule has 0 atom stereocenters. The van der Waals surface area contributed by atoms with Gasteiger partial charge in [0.15, 0.2) is 5.16 Å². The Morgan fingerprint density at radius 2 is 1.71 bits per heavy atom. The van der Waals surface area contributed by atoms with Gasteiger partial charge >= 0.3 is 0 Å². The average molecular weight is 491 g/mol. The third-order valence-corrected chi connectivity index (χ3v) is 6.87. The van der Waals surface area contributed by atoms with E-state index in [0.29, 0.717) is 17.9 Å². The van der Waals surface area contributed by atoms with E-state index in [1.807, 2.05) is 55.6 Å². The first-order valence-corrected chi connectivity index (χ1v) is 13.0. The van der Waals surface area contributed by atoms with Crippen molar-refractivity contribution < 1.29 is 9.53 Å². The number of benzene rings is 2. The van der Waals surface area contributed by atoms with Crippen molar-refractivity contribution in [3.63, 3.8) is 0 Å². The van der Waals surface area contributed by atoms with E-state index in [1.54, 1.807) is 16.7 Å². The third-order valence-electron chi connectivity index (χ3n) is 5.95. The second kappa shape index (κ2) is 11.2. The Hall–Kier alpha value is -2.90. The molecule has 1 aliphatic heterocycles. The van der Waals surface area contributed by atoms with Crippen molar-refractivity contribution in [2.24, 2.45) is 0 Å². The molecule has 0 radical (unpaired) electrons. The zero-order valence-corrected chi connectivity index (χ0v) is 21.8. The van der Waals surface area contributed by atoms with Crippen LogP contribution < -0.4 is 4.90 Å². The first kappa shape index (κ1) is 25.2. The molecule has 2 aromatic carbocycles. The fraction of sp³-hybridized carbons (Fsp3) is 0.393. The van der Waals surface area contributed by atoms with Gasteiger partial charge in [-0.2, -0.15) is 0 Å². The summed E-state index contributed by atoms with van der Waals surface area (Å²) in [6, 6.07) is 20.0. The normalized spacial score (nSPS) is 14.1.